The first-order chi connectivity index (χ1) is 10.8. The first-order valence-corrected chi connectivity index (χ1v) is 9.54. The molecule has 0 heterocycles. The smallest absolute Gasteiger partial charge is 0.309 e. The molecule has 3 unspecified atom stereocenters. The average molecular weight is 320 g/mol. The summed E-state index contributed by atoms with van der Waals surface area (Å²) in [5.41, 5.74) is -0.321. The third-order valence-electron chi connectivity index (χ3n) is 7.94. The predicted octanol–water partition coefficient (Wildman–Crippen LogP) is 4.83. The van der Waals surface area contributed by atoms with Crippen LogP contribution in [0.3, 0.4) is 0 Å². The van der Waals surface area contributed by atoms with Crippen LogP contribution < -0.4 is 0 Å². The van der Waals surface area contributed by atoms with Gasteiger partial charge in [0.15, 0.2) is 0 Å². The van der Waals surface area contributed by atoms with Crippen molar-refractivity contribution >= 4 is 11.8 Å². The van der Waals surface area contributed by atoms with Gasteiger partial charge in [0, 0.05) is 12.8 Å². The van der Waals surface area contributed by atoms with Gasteiger partial charge < -0.3 is 5.11 Å². The molecule has 3 heteroatoms. The van der Waals surface area contributed by atoms with Crippen LogP contribution >= 0.6 is 0 Å². The van der Waals surface area contributed by atoms with Crippen molar-refractivity contribution in [3.63, 3.8) is 0 Å². The van der Waals surface area contributed by atoms with Crippen LogP contribution in [0.25, 0.3) is 0 Å². The van der Waals surface area contributed by atoms with E-state index in [4.69, 9.17) is 0 Å². The number of hydrogen-bond acceptors (Lipinski definition) is 2. The average Bonchev–Trinajstić information content (AvgIpc) is 2.46. The van der Waals surface area contributed by atoms with E-state index in [9.17, 15) is 14.7 Å². The number of hydrogen-bond donors (Lipinski definition) is 1. The maximum atomic E-state index is 12.2. The summed E-state index contributed by atoms with van der Waals surface area (Å²) in [5, 5.41) is 9.90. The molecule has 1 N–H and O–H groups in total. The van der Waals surface area contributed by atoms with Crippen LogP contribution in [-0.2, 0) is 9.59 Å². The van der Waals surface area contributed by atoms with Crippen molar-refractivity contribution in [1.82, 2.24) is 0 Å². The van der Waals surface area contributed by atoms with Gasteiger partial charge in [0.2, 0.25) is 0 Å². The molecule has 0 aromatic rings. The van der Waals surface area contributed by atoms with E-state index in [0.717, 1.165) is 57.8 Å². The lowest BCUT2D eigenvalue weighted by molar-refractivity contribution is -0.185. The van der Waals surface area contributed by atoms with Crippen LogP contribution in [0.5, 0.6) is 0 Å². The highest BCUT2D eigenvalue weighted by atomic mass is 16.4. The van der Waals surface area contributed by atoms with Crippen LogP contribution in [0.1, 0.15) is 85.0 Å². The molecule has 0 amide bonds. The topological polar surface area (TPSA) is 54.4 Å². The van der Waals surface area contributed by atoms with Crippen molar-refractivity contribution in [2.45, 2.75) is 85.0 Å². The molecule has 3 aliphatic carbocycles. The zero-order valence-corrected chi connectivity index (χ0v) is 15.0. The van der Waals surface area contributed by atoms with Gasteiger partial charge in [-0.25, -0.2) is 0 Å². The number of carbonyl (C=O) groups excluding carboxylic acids is 1. The number of fused-ring (bicyclic) bond motifs is 3. The van der Waals surface area contributed by atoms with Gasteiger partial charge in [-0.15, -0.1) is 0 Å². The number of carboxylic acids is 1. The third-order valence-corrected chi connectivity index (χ3v) is 7.94. The fraction of sp³-hybridized carbons (Fsp3) is 0.900. The van der Waals surface area contributed by atoms with E-state index in [1.165, 1.54) is 0 Å². The van der Waals surface area contributed by atoms with Gasteiger partial charge in [0.25, 0.3) is 0 Å². The van der Waals surface area contributed by atoms with Gasteiger partial charge >= 0.3 is 5.97 Å². The van der Waals surface area contributed by atoms with E-state index in [0.29, 0.717) is 18.1 Å². The van der Waals surface area contributed by atoms with E-state index in [1.807, 2.05) is 6.92 Å². The number of Topliss-reactive ketones (excluding diaryl/α,β-unsaturated/α-hetero) is 1. The lowest BCUT2D eigenvalue weighted by atomic mass is 9.40. The highest BCUT2D eigenvalue weighted by Gasteiger charge is 2.63. The Labute approximate surface area is 140 Å². The Morgan fingerprint density at radius 3 is 2.57 bits per heavy atom. The van der Waals surface area contributed by atoms with E-state index in [-0.39, 0.29) is 16.7 Å². The highest BCUT2D eigenvalue weighted by molar-refractivity contribution is 5.80. The van der Waals surface area contributed by atoms with Crippen molar-refractivity contribution in [3.8, 4) is 0 Å². The molecular formula is C20H32O3. The maximum Gasteiger partial charge on any atom is 0.309 e. The summed E-state index contributed by atoms with van der Waals surface area (Å²) in [6.45, 7) is 6.57. The van der Waals surface area contributed by atoms with Gasteiger partial charge in [-0.1, -0.05) is 26.7 Å². The molecule has 0 aromatic heterocycles. The normalized spacial score (nSPS) is 46.8. The Morgan fingerprint density at radius 1 is 1.17 bits per heavy atom. The minimum atomic E-state index is -0.608. The summed E-state index contributed by atoms with van der Waals surface area (Å²) >= 11 is 0. The molecule has 5 atom stereocenters. The second-order valence-corrected chi connectivity index (χ2v) is 9.09. The molecule has 0 saturated heterocycles. The second kappa shape index (κ2) is 5.60. The first kappa shape index (κ1) is 17.0. The molecule has 3 nitrogen and oxygen atoms in total. The van der Waals surface area contributed by atoms with E-state index in [1.54, 1.807) is 0 Å². The molecule has 0 aliphatic heterocycles. The molecular weight excluding hydrogens is 288 g/mol. The standard InChI is InChI=1S/C20H32O3/c1-4-9-20-12-8-15-18(2,16(20)7-6-14(21)13-20)10-5-11-19(15,3)17(22)23/h15-16H,4-13H2,1-3H3,(H,22,23)/t15?,16?,18-,19-,20?/m1/s1. The number of aliphatic carboxylic acids is 1. The first-order valence-electron chi connectivity index (χ1n) is 9.54. The SMILES string of the molecule is CCCC12CCC3[C@@](C)(CCC[C@@]3(C)C(=O)O)C1CCC(=O)C2. The maximum absolute atomic E-state index is 12.2. The van der Waals surface area contributed by atoms with Crippen molar-refractivity contribution in [1.29, 1.82) is 0 Å². The summed E-state index contributed by atoms with van der Waals surface area (Å²) in [6, 6.07) is 0. The van der Waals surface area contributed by atoms with Crippen molar-refractivity contribution < 1.29 is 14.7 Å². The van der Waals surface area contributed by atoms with Crippen LogP contribution in [0.2, 0.25) is 0 Å². The van der Waals surface area contributed by atoms with Crippen LogP contribution in [0, 0.1) is 28.1 Å². The Morgan fingerprint density at radius 2 is 1.91 bits per heavy atom. The molecule has 3 fully saturated rings. The molecule has 0 radical (unpaired) electrons. The molecule has 3 aliphatic rings. The van der Waals surface area contributed by atoms with Gasteiger partial charge in [-0.2, -0.15) is 0 Å². The number of carboxylic acid groups (broad SMARTS) is 1. The fourth-order valence-electron chi connectivity index (χ4n) is 7.06. The fourth-order valence-corrected chi connectivity index (χ4v) is 7.06. The van der Waals surface area contributed by atoms with Gasteiger partial charge in [-0.3, -0.25) is 9.59 Å². The van der Waals surface area contributed by atoms with Crippen molar-refractivity contribution in [2.24, 2.45) is 28.1 Å². The van der Waals surface area contributed by atoms with Crippen LogP contribution in [0.15, 0.2) is 0 Å². The zero-order chi connectivity index (χ0) is 16.9. The molecule has 23 heavy (non-hydrogen) atoms. The van der Waals surface area contributed by atoms with Crippen LogP contribution in [0.4, 0.5) is 0 Å². The molecule has 3 rings (SSSR count). The molecule has 3 saturated carbocycles. The zero-order valence-electron chi connectivity index (χ0n) is 15.0. The second-order valence-electron chi connectivity index (χ2n) is 9.09. The van der Waals surface area contributed by atoms with E-state index >= 15 is 0 Å². The third kappa shape index (κ3) is 2.37. The Bertz CT molecular complexity index is 513. The number of rotatable bonds is 3. The monoisotopic (exact) mass is 320 g/mol. The summed E-state index contributed by atoms with van der Waals surface area (Å²) in [7, 11) is 0. The number of carbonyl (C=O) groups is 2. The Balaban J connectivity index is 2.01. The van der Waals surface area contributed by atoms with Gasteiger partial charge in [0.05, 0.1) is 5.41 Å². The van der Waals surface area contributed by atoms with E-state index < -0.39 is 11.4 Å². The van der Waals surface area contributed by atoms with Gasteiger partial charge in [0.1, 0.15) is 5.78 Å². The highest BCUT2D eigenvalue weighted by Crippen LogP contribution is 2.68. The largest absolute Gasteiger partial charge is 0.481 e. The lowest BCUT2D eigenvalue weighted by Gasteiger charge is -2.64. The molecule has 0 aromatic carbocycles. The predicted molar refractivity (Wildman–Crippen MR) is 90.1 cm³/mol. The minimum Gasteiger partial charge on any atom is -0.481 e. The Hall–Kier alpha value is -0.860. The van der Waals surface area contributed by atoms with Crippen LogP contribution in [-0.4, -0.2) is 16.9 Å². The lowest BCUT2D eigenvalue weighted by Crippen LogP contribution is -2.59. The summed E-state index contributed by atoms with van der Waals surface area (Å²) in [5.74, 6) is 0.631. The number of ketones is 1. The van der Waals surface area contributed by atoms with Gasteiger partial charge in [-0.05, 0) is 68.1 Å². The molecule has 0 bridgehead atoms. The van der Waals surface area contributed by atoms with E-state index in [2.05, 4.69) is 13.8 Å². The molecule has 0 spiro atoms. The van der Waals surface area contributed by atoms with Crippen molar-refractivity contribution in [2.75, 3.05) is 0 Å². The summed E-state index contributed by atoms with van der Waals surface area (Å²) in [4.78, 5) is 24.2. The van der Waals surface area contributed by atoms with Crippen molar-refractivity contribution in [3.05, 3.63) is 0 Å². The minimum absolute atomic E-state index is 0.0967. The summed E-state index contributed by atoms with van der Waals surface area (Å²) in [6.07, 6.45) is 9.73. The Kier molecular flexibility index (Phi) is 4.13. The molecule has 130 valence electrons. The quantitative estimate of drug-likeness (QED) is 0.810. The summed E-state index contributed by atoms with van der Waals surface area (Å²) < 4.78 is 0.